The minimum Gasteiger partial charge on any atom is -0.481 e. The van der Waals surface area contributed by atoms with Gasteiger partial charge in [-0.15, -0.1) is 0 Å². The van der Waals surface area contributed by atoms with Gasteiger partial charge in [-0.1, -0.05) is 70.4 Å². The fraction of sp³-hybridized carbons (Fsp3) is 0.824. The largest absolute Gasteiger partial charge is 0.481 e. The van der Waals surface area contributed by atoms with E-state index in [9.17, 15) is 4.79 Å². The van der Waals surface area contributed by atoms with E-state index in [4.69, 9.17) is 5.11 Å². The maximum Gasteiger partial charge on any atom is 0.303 e. The van der Waals surface area contributed by atoms with Gasteiger partial charge in [0.15, 0.2) is 0 Å². The van der Waals surface area contributed by atoms with Gasteiger partial charge >= 0.3 is 5.97 Å². The number of hydrogen-bond donors (Lipinski definition) is 1. The Morgan fingerprint density at radius 1 is 0.789 bits per heavy atom. The Morgan fingerprint density at radius 3 is 1.79 bits per heavy atom. The minimum absolute atomic E-state index is 0.339. The molecule has 0 radical (unpaired) electrons. The lowest BCUT2D eigenvalue weighted by molar-refractivity contribution is -0.137. The Labute approximate surface area is 119 Å². The van der Waals surface area contributed by atoms with Gasteiger partial charge in [0.1, 0.15) is 0 Å². The molecule has 0 aliphatic rings. The van der Waals surface area contributed by atoms with E-state index < -0.39 is 5.97 Å². The van der Waals surface area contributed by atoms with Crippen molar-refractivity contribution in [1.82, 2.24) is 0 Å². The molecule has 0 fully saturated rings. The molecule has 0 aliphatic heterocycles. The number of carbonyl (C=O) groups is 1. The lowest BCUT2D eigenvalue weighted by Crippen LogP contribution is -1.93. The Kier molecular flexibility index (Phi) is 14.6. The summed E-state index contributed by atoms with van der Waals surface area (Å²) >= 11 is 0. The normalized spacial score (nSPS) is 11.2. The van der Waals surface area contributed by atoms with E-state index in [1.807, 2.05) is 0 Å². The highest BCUT2D eigenvalue weighted by molar-refractivity contribution is 5.66. The van der Waals surface area contributed by atoms with Crippen molar-refractivity contribution in [2.75, 3.05) is 0 Å². The molecule has 0 unspecified atom stereocenters. The highest BCUT2D eigenvalue weighted by Gasteiger charge is 1.96. The molecule has 0 amide bonds. The fourth-order valence-corrected chi connectivity index (χ4v) is 2.18. The molecule has 0 aromatic rings. The van der Waals surface area contributed by atoms with Crippen LogP contribution in [0.1, 0.15) is 90.4 Å². The molecule has 0 saturated carbocycles. The van der Waals surface area contributed by atoms with Crippen molar-refractivity contribution in [3.63, 3.8) is 0 Å². The van der Waals surface area contributed by atoms with Crippen LogP contribution in [0.4, 0.5) is 0 Å². The monoisotopic (exact) mass is 268 g/mol. The molecule has 0 rings (SSSR count). The lowest BCUT2D eigenvalue weighted by Gasteiger charge is -2.01. The first-order chi connectivity index (χ1) is 9.27. The van der Waals surface area contributed by atoms with Gasteiger partial charge in [-0.2, -0.15) is 0 Å². The zero-order valence-electron chi connectivity index (χ0n) is 12.7. The quantitative estimate of drug-likeness (QED) is 0.323. The summed E-state index contributed by atoms with van der Waals surface area (Å²) in [6, 6.07) is 0. The summed E-state index contributed by atoms with van der Waals surface area (Å²) in [4.78, 5) is 10.3. The van der Waals surface area contributed by atoms with Gasteiger partial charge in [0, 0.05) is 6.42 Å². The predicted octanol–water partition coefficient (Wildman–Crippen LogP) is 5.72. The molecular weight excluding hydrogens is 236 g/mol. The molecule has 0 aromatic carbocycles. The van der Waals surface area contributed by atoms with E-state index >= 15 is 0 Å². The van der Waals surface area contributed by atoms with Crippen LogP contribution in [0.2, 0.25) is 0 Å². The predicted molar refractivity (Wildman–Crippen MR) is 82.5 cm³/mol. The van der Waals surface area contributed by atoms with Gasteiger partial charge in [-0.25, -0.2) is 0 Å². The van der Waals surface area contributed by atoms with E-state index in [1.54, 1.807) is 0 Å². The molecule has 1 N–H and O–H groups in total. The summed E-state index contributed by atoms with van der Waals surface area (Å²) in [7, 11) is 0. The molecule has 0 bridgehead atoms. The van der Waals surface area contributed by atoms with E-state index in [1.165, 1.54) is 64.2 Å². The zero-order valence-corrected chi connectivity index (χ0v) is 12.7. The third-order valence-electron chi connectivity index (χ3n) is 3.38. The van der Waals surface area contributed by atoms with E-state index in [2.05, 4.69) is 19.1 Å². The number of aliphatic carboxylic acids is 1. The highest BCUT2D eigenvalue weighted by atomic mass is 16.4. The van der Waals surface area contributed by atoms with Gasteiger partial charge in [0.2, 0.25) is 0 Å². The van der Waals surface area contributed by atoms with Crippen LogP contribution in [-0.2, 0) is 4.79 Å². The van der Waals surface area contributed by atoms with Crippen molar-refractivity contribution in [2.45, 2.75) is 90.4 Å². The first-order valence-corrected chi connectivity index (χ1v) is 8.14. The molecule has 0 aliphatic carbocycles. The van der Waals surface area contributed by atoms with Crippen molar-refractivity contribution in [2.24, 2.45) is 0 Å². The number of carboxylic acid groups (broad SMARTS) is 1. The molecule has 0 spiro atoms. The Balaban J connectivity index is 3.01. The van der Waals surface area contributed by atoms with E-state index in [0.29, 0.717) is 6.42 Å². The maximum atomic E-state index is 10.3. The zero-order chi connectivity index (χ0) is 14.2. The van der Waals surface area contributed by atoms with Crippen molar-refractivity contribution < 1.29 is 9.90 Å². The third kappa shape index (κ3) is 17.2. The van der Waals surface area contributed by atoms with Crippen LogP contribution in [0.25, 0.3) is 0 Å². The van der Waals surface area contributed by atoms with Crippen molar-refractivity contribution in [1.29, 1.82) is 0 Å². The van der Waals surface area contributed by atoms with Crippen LogP contribution in [0.3, 0.4) is 0 Å². The molecule has 2 heteroatoms. The number of rotatable bonds is 14. The summed E-state index contributed by atoms with van der Waals surface area (Å²) in [5, 5.41) is 8.50. The number of allylic oxidation sites excluding steroid dienone is 2. The average molecular weight is 268 g/mol. The molecule has 2 nitrogen and oxygen atoms in total. The van der Waals surface area contributed by atoms with Crippen LogP contribution in [0, 0.1) is 0 Å². The second kappa shape index (κ2) is 15.3. The molecular formula is C17H32O2. The lowest BCUT2D eigenvalue weighted by atomic mass is 10.1. The first-order valence-electron chi connectivity index (χ1n) is 8.14. The van der Waals surface area contributed by atoms with Crippen molar-refractivity contribution in [3.05, 3.63) is 12.2 Å². The van der Waals surface area contributed by atoms with Gasteiger partial charge in [0.05, 0.1) is 0 Å². The fourth-order valence-electron chi connectivity index (χ4n) is 2.18. The molecule has 0 atom stereocenters. The topological polar surface area (TPSA) is 37.3 Å². The van der Waals surface area contributed by atoms with E-state index in [0.717, 1.165) is 12.8 Å². The smallest absolute Gasteiger partial charge is 0.303 e. The molecule has 0 aromatic heterocycles. The van der Waals surface area contributed by atoms with Gasteiger partial charge in [0.25, 0.3) is 0 Å². The van der Waals surface area contributed by atoms with Gasteiger partial charge < -0.3 is 5.11 Å². The third-order valence-corrected chi connectivity index (χ3v) is 3.38. The van der Waals surface area contributed by atoms with Gasteiger partial charge in [-0.3, -0.25) is 4.79 Å². The number of carboxylic acids is 1. The summed E-state index contributed by atoms with van der Waals surface area (Å²) in [6.45, 7) is 2.21. The number of unbranched alkanes of at least 4 members (excludes halogenated alkanes) is 10. The molecule has 0 saturated heterocycles. The highest BCUT2D eigenvalue weighted by Crippen LogP contribution is 2.11. The second-order valence-electron chi connectivity index (χ2n) is 5.37. The Morgan fingerprint density at radius 2 is 1.26 bits per heavy atom. The second-order valence-corrected chi connectivity index (χ2v) is 5.37. The molecule has 112 valence electrons. The van der Waals surface area contributed by atoms with Gasteiger partial charge in [-0.05, 0) is 25.7 Å². The Hall–Kier alpha value is -0.790. The van der Waals surface area contributed by atoms with E-state index in [-0.39, 0.29) is 0 Å². The van der Waals surface area contributed by atoms with Crippen molar-refractivity contribution in [3.8, 4) is 0 Å². The standard InChI is InChI=1S/C17H32O2/c1-2-3-4-5-6-7-8-9-10-11-12-13-14-15-16-17(18)19/h4-5H,2-3,6-16H2,1H3,(H,18,19)/b5-4-. The average Bonchev–Trinajstić information content (AvgIpc) is 2.39. The van der Waals surface area contributed by atoms with Crippen LogP contribution in [-0.4, -0.2) is 11.1 Å². The summed E-state index contributed by atoms with van der Waals surface area (Å²) in [6.07, 6.45) is 19.8. The van der Waals surface area contributed by atoms with Crippen LogP contribution in [0.15, 0.2) is 12.2 Å². The maximum absolute atomic E-state index is 10.3. The Bertz CT molecular complexity index is 221. The van der Waals surface area contributed by atoms with Crippen molar-refractivity contribution >= 4 is 5.97 Å². The molecule has 19 heavy (non-hydrogen) atoms. The van der Waals surface area contributed by atoms with Crippen LogP contribution >= 0.6 is 0 Å². The van der Waals surface area contributed by atoms with Crippen LogP contribution in [0.5, 0.6) is 0 Å². The first kappa shape index (κ1) is 18.2. The number of hydrogen-bond acceptors (Lipinski definition) is 1. The molecule has 0 heterocycles. The van der Waals surface area contributed by atoms with Crippen LogP contribution < -0.4 is 0 Å². The summed E-state index contributed by atoms with van der Waals surface area (Å²) in [5.74, 6) is -0.659. The summed E-state index contributed by atoms with van der Waals surface area (Å²) in [5.41, 5.74) is 0. The summed E-state index contributed by atoms with van der Waals surface area (Å²) < 4.78 is 0. The minimum atomic E-state index is -0.659. The SMILES string of the molecule is CCC/C=C\CCCCCCCCCCCC(=O)O.